The molecule has 5 heteroatoms. The molecule has 0 radical (unpaired) electrons. The Morgan fingerprint density at radius 3 is 2.75 bits per heavy atom. The van der Waals surface area contributed by atoms with Crippen molar-refractivity contribution in [3.63, 3.8) is 0 Å². The van der Waals surface area contributed by atoms with Gasteiger partial charge in [0, 0.05) is 17.5 Å². The molecule has 1 aliphatic carbocycles. The number of nitrogens with one attached hydrogen (secondary N) is 1. The number of hydrogen-bond acceptors (Lipinski definition) is 4. The zero-order valence-corrected chi connectivity index (χ0v) is 14.0. The molecular formula is C19H24N2O3. The number of carbonyl (C=O) groups is 1. The van der Waals surface area contributed by atoms with E-state index in [0.717, 1.165) is 31.4 Å². The maximum atomic E-state index is 12.4. The van der Waals surface area contributed by atoms with Crippen LogP contribution in [0.5, 0.6) is 5.75 Å². The summed E-state index contributed by atoms with van der Waals surface area (Å²) in [4.78, 5) is 12.4. The van der Waals surface area contributed by atoms with Crippen LogP contribution in [0.15, 0.2) is 41.0 Å². The van der Waals surface area contributed by atoms with Crippen LogP contribution in [-0.2, 0) is 12.0 Å². The van der Waals surface area contributed by atoms with Crippen molar-refractivity contribution >= 4 is 5.91 Å². The van der Waals surface area contributed by atoms with E-state index in [1.54, 1.807) is 13.2 Å². The van der Waals surface area contributed by atoms with Crippen LogP contribution in [0.1, 0.15) is 47.4 Å². The highest BCUT2D eigenvalue weighted by molar-refractivity contribution is 5.94. The van der Waals surface area contributed by atoms with E-state index in [2.05, 4.69) is 11.4 Å². The highest BCUT2D eigenvalue weighted by Gasteiger charge is 2.38. The molecule has 0 atom stereocenters. The van der Waals surface area contributed by atoms with Gasteiger partial charge in [-0.3, -0.25) is 4.79 Å². The first-order valence-electron chi connectivity index (χ1n) is 8.38. The zero-order valence-electron chi connectivity index (χ0n) is 14.0. The summed E-state index contributed by atoms with van der Waals surface area (Å²) >= 11 is 0. The zero-order chi connectivity index (χ0) is 17.0. The number of hydrogen-bond donors (Lipinski definition) is 2. The largest absolute Gasteiger partial charge is 0.496 e. The molecule has 128 valence electrons. The van der Waals surface area contributed by atoms with E-state index < -0.39 is 0 Å². The van der Waals surface area contributed by atoms with Gasteiger partial charge in [0.1, 0.15) is 17.8 Å². The number of rotatable bonds is 6. The number of para-hydroxylation sites is 1. The lowest BCUT2D eigenvalue weighted by Gasteiger charge is -2.31. The summed E-state index contributed by atoms with van der Waals surface area (Å²) in [6, 6.07) is 9.80. The van der Waals surface area contributed by atoms with E-state index in [1.807, 2.05) is 18.2 Å². The van der Waals surface area contributed by atoms with Crippen LogP contribution in [0.4, 0.5) is 0 Å². The van der Waals surface area contributed by atoms with Crippen molar-refractivity contribution in [2.45, 2.75) is 37.6 Å². The molecule has 2 aromatic rings. The predicted octanol–water partition coefficient (Wildman–Crippen LogP) is 2.99. The highest BCUT2D eigenvalue weighted by Crippen LogP contribution is 2.44. The van der Waals surface area contributed by atoms with Crippen LogP contribution in [0.2, 0.25) is 0 Å². The Hall–Kier alpha value is -2.27. The van der Waals surface area contributed by atoms with Crippen molar-refractivity contribution in [2.24, 2.45) is 5.73 Å². The minimum Gasteiger partial charge on any atom is -0.496 e. The number of amides is 1. The molecule has 3 rings (SSSR count). The van der Waals surface area contributed by atoms with Crippen molar-refractivity contribution in [3.8, 4) is 5.75 Å². The second kappa shape index (κ2) is 7.09. The SMILES string of the molecule is COc1ccccc1C1(CNC(=O)c2coc(CN)c2)CCCC1. The normalized spacial score (nSPS) is 16.1. The fraction of sp³-hybridized carbons (Fsp3) is 0.421. The number of carbonyl (C=O) groups excluding carboxylic acids is 1. The maximum absolute atomic E-state index is 12.4. The summed E-state index contributed by atoms with van der Waals surface area (Å²) < 4.78 is 10.8. The lowest BCUT2D eigenvalue weighted by molar-refractivity contribution is 0.0942. The Kier molecular flexibility index (Phi) is 4.90. The number of benzene rings is 1. The molecule has 0 unspecified atom stereocenters. The first-order chi connectivity index (χ1) is 11.7. The molecule has 1 heterocycles. The average molecular weight is 328 g/mol. The summed E-state index contributed by atoms with van der Waals surface area (Å²) in [7, 11) is 1.69. The Bertz CT molecular complexity index is 702. The Balaban J connectivity index is 1.78. The molecule has 1 aromatic carbocycles. The van der Waals surface area contributed by atoms with Crippen molar-refractivity contribution in [2.75, 3.05) is 13.7 Å². The van der Waals surface area contributed by atoms with Crippen LogP contribution < -0.4 is 15.8 Å². The quantitative estimate of drug-likeness (QED) is 0.854. The van der Waals surface area contributed by atoms with Gasteiger partial charge in [-0.05, 0) is 25.0 Å². The number of ether oxygens (including phenoxy) is 1. The summed E-state index contributed by atoms with van der Waals surface area (Å²) in [5, 5.41) is 3.07. The molecule has 0 spiro atoms. The second-order valence-corrected chi connectivity index (χ2v) is 6.38. The molecule has 0 bridgehead atoms. The van der Waals surface area contributed by atoms with Crippen LogP contribution in [0, 0.1) is 0 Å². The number of nitrogens with two attached hydrogens (primary N) is 1. The smallest absolute Gasteiger partial charge is 0.254 e. The van der Waals surface area contributed by atoms with Crippen LogP contribution in [-0.4, -0.2) is 19.6 Å². The minimum atomic E-state index is -0.125. The molecular weight excluding hydrogens is 304 g/mol. The lowest BCUT2D eigenvalue weighted by Crippen LogP contribution is -2.39. The Morgan fingerprint density at radius 1 is 1.33 bits per heavy atom. The molecule has 5 nitrogen and oxygen atoms in total. The fourth-order valence-corrected chi connectivity index (χ4v) is 3.63. The van der Waals surface area contributed by atoms with E-state index in [9.17, 15) is 4.79 Å². The minimum absolute atomic E-state index is 0.0668. The van der Waals surface area contributed by atoms with Crippen LogP contribution >= 0.6 is 0 Å². The number of methoxy groups -OCH3 is 1. The molecule has 0 aliphatic heterocycles. The molecule has 1 saturated carbocycles. The first-order valence-corrected chi connectivity index (χ1v) is 8.38. The maximum Gasteiger partial charge on any atom is 0.254 e. The van der Waals surface area contributed by atoms with Gasteiger partial charge in [0.15, 0.2) is 0 Å². The third-order valence-corrected chi connectivity index (χ3v) is 4.94. The summed E-state index contributed by atoms with van der Waals surface area (Å²) in [6.07, 6.45) is 5.88. The average Bonchev–Trinajstić information content (AvgIpc) is 3.29. The van der Waals surface area contributed by atoms with Gasteiger partial charge in [-0.2, -0.15) is 0 Å². The highest BCUT2D eigenvalue weighted by atomic mass is 16.5. The standard InChI is InChI=1S/C19H24N2O3/c1-23-17-7-3-2-6-16(17)19(8-4-5-9-19)13-21-18(22)14-10-15(11-20)24-12-14/h2-3,6-7,10,12H,4-5,8-9,11,13,20H2,1H3,(H,21,22). The van der Waals surface area contributed by atoms with E-state index in [4.69, 9.17) is 14.9 Å². The van der Waals surface area contributed by atoms with Gasteiger partial charge in [0.25, 0.3) is 5.91 Å². The van der Waals surface area contributed by atoms with E-state index in [1.165, 1.54) is 11.8 Å². The second-order valence-electron chi connectivity index (χ2n) is 6.38. The molecule has 1 fully saturated rings. The van der Waals surface area contributed by atoms with Gasteiger partial charge in [-0.15, -0.1) is 0 Å². The van der Waals surface area contributed by atoms with Crippen molar-refractivity contribution in [1.29, 1.82) is 0 Å². The third-order valence-electron chi connectivity index (χ3n) is 4.94. The van der Waals surface area contributed by atoms with Crippen LogP contribution in [0.25, 0.3) is 0 Å². The summed E-state index contributed by atoms with van der Waals surface area (Å²) in [6.45, 7) is 0.883. The molecule has 3 N–H and O–H groups in total. The van der Waals surface area contributed by atoms with Crippen molar-refractivity contribution in [1.82, 2.24) is 5.32 Å². The molecule has 0 saturated heterocycles. The van der Waals surface area contributed by atoms with Gasteiger partial charge in [-0.1, -0.05) is 31.0 Å². The van der Waals surface area contributed by atoms with Gasteiger partial charge in [0.2, 0.25) is 0 Å². The van der Waals surface area contributed by atoms with E-state index >= 15 is 0 Å². The van der Waals surface area contributed by atoms with Gasteiger partial charge in [0.05, 0.1) is 19.2 Å². The van der Waals surface area contributed by atoms with Gasteiger partial charge >= 0.3 is 0 Å². The third kappa shape index (κ3) is 3.17. The molecule has 1 aromatic heterocycles. The van der Waals surface area contributed by atoms with Crippen LogP contribution in [0.3, 0.4) is 0 Å². The van der Waals surface area contributed by atoms with E-state index in [-0.39, 0.29) is 11.3 Å². The predicted molar refractivity (Wildman–Crippen MR) is 92.1 cm³/mol. The topological polar surface area (TPSA) is 77.5 Å². The van der Waals surface area contributed by atoms with Gasteiger partial charge in [-0.25, -0.2) is 0 Å². The lowest BCUT2D eigenvalue weighted by atomic mass is 9.78. The molecule has 1 aliphatic rings. The Morgan fingerprint density at radius 2 is 2.08 bits per heavy atom. The summed E-state index contributed by atoms with van der Waals surface area (Å²) in [5.74, 6) is 1.38. The van der Waals surface area contributed by atoms with Gasteiger partial charge < -0.3 is 20.2 Å². The molecule has 24 heavy (non-hydrogen) atoms. The summed E-state index contributed by atoms with van der Waals surface area (Å²) in [5.41, 5.74) is 7.16. The Labute approximate surface area is 142 Å². The first kappa shape index (κ1) is 16.6. The van der Waals surface area contributed by atoms with E-state index in [0.29, 0.717) is 24.4 Å². The number of furan rings is 1. The van der Waals surface area contributed by atoms with Crippen molar-refractivity contribution in [3.05, 3.63) is 53.5 Å². The van der Waals surface area contributed by atoms with Crippen molar-refractivity contribution < 1.29 is 13.9 Å². The molecule has 1 amide bonds. The monoisotopic (exact) mass is 328 g/mol. The fourth-order valence-electron chi connectivity index (χ4n) is 3.63.